The van der Waals surface area contributed by atoms with Crippen LogP contribution in [0.15, 0.2) is 108 Å². The molecular formula is C28H25NO5S. The maximum absolute atomic E-state index is 12.9. The van der Waals surface area contributed by atoms with Gasteiger partial charge in [0.05, 0.1) is 16.1 Å². The molecule has 0 spiro atoms. The molecule has 4 aromatic carbocycles. The Hall–Kier alpha value is -4.10. The Kier molecular flexibility index (Phi) is 7.17. The molecule has 178 valence electrons. The predicted octanol–water partition coefficient (Wildman–Crippen LogP) is 5.62. The second-order valence-electron chi connectivity index (χ2n) is 7.97. The van der Waals surface area contributed by atoms with Crippen LogP contribution in [0.4, 0.5) is 5.69 Å². The normalized spacial score (nSPS) is 11.0. The van der Waals surface area contributed by atoms with E-state index in [1.807, 2.05) is 49.4 Å². The molecule has 0 radical (unpaired) electrons. The first-order chi connectivity index (χ1) is 16.8. The van der Waals surface area contributed by atoms with Crippen LogP contribution in [0.5, 0.6) is 11.5 Å². The van der Waals surface area contributed by atoms with E-state index < -0.39 is 16.0 Å². The van der Waals surface area contributed by atoms with Crippen molar-refractivity contribution >= 4 is 21.7 Å². The number of rotatable bonds is 8. The third kappa shape index (κ3) is 5.88. The second-order valence-corrected chi connectivity index (χ2v) is 9.94. The second kappa shape index (κ2) is 10.4. The van der Waals surface area contributed by atoms with E-state index in [1.165, 1.54) is 11.4 Å². The van der Waals surface area contributed by atoms with Gasteiger partial charge in [0.2, 0.25) is 0 Å². The van der Waals surface area contributed by atoms with Crippen LogP contribution in [0.1, 0.15) is 21.5 Å². The summed E-state index contributed by atoms with van der Waals surface area (Å²) in [6, 6.07) is 29.5. The van der Waals surface area contributed by atoms with E-state index >= 15 is 0 Å². The van der Waals surface area contributed by atoms with Crippen LogP contribution in [0, 0.1) is 6.92 Å². The van der Waals surface area contributed by atoms with Gasteiger partial charge in [-0.3, -0.25) is 4.31 Å². The number of aryl methyl sites for hydroxylation is 1. The molecule has 0 aliphatic rings. The number of esters is 1. The Morgan fingerprint density at radius 2 is 1.40 bits per heavy atom. The molecule has 0 saturated carbocycles. The van der Waals surface area contributed by atoms with Crippen molar-refractivity contribution in [1.82, 2.24) is 0 Å². The summed E-state index contributed by atoms with van der Waals surface area (Å²) in [6.07, 6.45) is 0. The Bertz CT molecular complexity index is 1380. The van der Waals surface area contributed by atoms with E-state index in [0.717, 1.165) is 16.9 Å². The first kappa shape index (κ1) is 24.0. The minimum atomic E-state index is -3.70. The monoisotopic (exact) mass is 487 g/mol. The number of para-hydroxylation sites is 1. The largest absolute Gasteiger partial charge is 0.489 e. The molecule has 0 aliphatic heterocycles. The lowest BCUT2D eigenvalue weighted by molar-refractivity contribution is 0.0734. The topological polar surface area (TPSA) is 72.9 Å². The summed E-state index contributed by atoms with van der Waals surface area (Å²) in [5, 5.41) is 0. The summed E-state index contributed by atoms with van der Waals surface area (Å²) < 4.78 is 38.1. The number of carbonyl (C=O) groups excluding carboxylic acids is 1. The Morgan fingerprint density at radius 3 is 2.03 bits per heavy atom. The Morgan fingerprint density at radius 1 is 0.771 bits per heavy atom. The highest BCUT2D eigenvalue weighted by Crippen LogP contribution is 2.25. The molecule has 0 heterocycles. The first-order valence-electron chi connectivity index (χ1n) is 11.0. The third-order valence-corrected chi connectivity index (χ3v) is 7.23. The first-order valence-corrected chi connectivity index (χ1v) is 12.4. The molecule has 6 nitrogen and oxygen atoms in total. The van der Waals surface area contributed by atoms with Gasteiger partial charge >= 0.3 is 5.97 Å². The number of sulfonamides is 1. The minimum Gasteiger partial charge on any atom is -0.489 e. The Labute approximate surface area is 205 Å². The van der Waals surface area contributed by atoms with Crippen LogP contribution in [0.2, 0.25) is 0 Å². The molecule has 0 saturated heterocycles. The molecule has 4 rings (SSSR count). The van der Waals surface area contributed by atoms with Gasteiger partial charge in [-0.1, -0.05) is 48.0 Å². The molecule has 4 aromatic rings. The molecule has 0 aliphatic carbocycles. The van der Waals surface area contributed by atoms with Gasteiger partial charge in [-0.15, -0.1) is 0 Å². The smallest absolute Gasteiger partial charge is 0.343 e. The average molecular weight is 488 g/mol. The maximum Gasteiger partial charge on any atom is 0.343 e. The van der Waals surface area contributed by atoms with Crippen LogP contribution in [-0.2, 0) is 16.6 Å². The molecule has 0 bridgehead atoms. The summed E-state index contributed by atoms with van der Waals surface area (Å²) in [5.41, 5.74) is 2.75. The number of hydrogen-bond donors (Lipinski definition) is 0. The van der Waals surface area contributed by atoms with Crippen LogP contribution < -0.4 is 13.8 Å². The van der Waals surface area contributed by atoms with Gasteiger partial charge in [-0.05, 0) is 73.2 Å². The van der Waals surface area contributed by atoms with Crippen molar-refractivity contribution in [2.24, 2.45) is 0 Å². The highest BCUT2D eigenvalue weighted by molar-refractivity contribution is 7.92. The summed E-state index contributed by atoms with van der Waals surface area (Å²) in [7, 11) is -2.21. The van der Waals surface area contributed by atoms with E-state index in [4.69, 9.17) is 9.47 Å². The zero-order valence-electron chi connectivity index (χ0n) is 19.4. The minimum absolute atomic E-state index is 0.207. The number of ether oxygens (including phenoxy) is 2. The molecule has 0 unspecified atom stereocenters. The fourth-order valence-corrected chi connectivity index (χ4v) is 4.51. The lowest BCUT2D eigenvalue weighted by Crippen LogP contribution is -2.26. The summed E-state index contributed by atoms with van der Waals surface area (Å²) in [5.74, 6) is 0.585. The van der Waals surface area contributed by atoms with Crippen LogP contribution in [0.25, 0.3) is 0 Å². The quantitative estimate of drug-likeness (QED) is 0.238. The highest BCUT2D eigenvalue weighted by Gasteiger charge is 2.21. The fourth-order valence-electron chi connectivity index (χ4n) is 3.32. The standard InChI is InChI=1S/C28H25NO5S/c1-21-8-18-27(19-9-21)35(31,32)29(2)24-14-16-26(17-15-24)34-28(30)23-12-10-22(11-13-23)20-33-25-6-4-3-5-7-25/h3-19H,20H2,1-2H3. The van der Waals surface area contributed by atoms with Gasteiger partial charge in [0.15, 0.2) is 0 Å². The SMILES string of the molecule is Cc1ccc(S(=O)(=O)N(C)c2ccc(OC(=O)c3ccc(COc4ccccc4)cc3)cc2)cc1. The van der Waals surface area contributed by atoms with Crippen molar-refractivity contribution in [3.8, 4) is 11.5 Å². The Balaban J connectivity index is 1.37. The van der Waals surface area contributed by atoms with E-state index in [2.05, 4.69) is 0 Å². The number of hydrogen-bond acceptors (Lipinski definition) is 5. The van der Waals surface area contributed by atoms with Gasteiger partial charge in [0, 0.05) is 7.05 Å². The van der Waals surface area contributed by atoms with Crippen LogP contribution >= 0.6 is 0 Å². The van der Waals surface area contributed by atoms with Crippen molar-refractivity contribution in [2.75, 3.05) is 11.4 Å². The van der Waals surface area contributed by atoms with Crippen LogP contribution in [-0.4, -0.2) is 21.4 Å². The van der Waals surface area contributed by atoms with Crippen molar-refractivity contribution < 1.29 is 22.7 Å². The zero-order valence-corrected chi connectivity index (χ0v) is 20.2. The van der Waals surface area contributed by atoms with Gasteiger partial charge in [-0.25, -0.2) is 13.2 Å². The molecule has 0 aromatic heterocycles. The van der Waals surface area contributed by atoms with Gasteiger partial charge in [-0.2, -0.15) is 0 Å². The van der Waals surface area contributed by atoms with Crippen molar-refractivity contribution in [3.63, 3.8) is 0 Å². The van der Waals surface area contributed by atoms with Crippen molar-refractivity contribution in [1.29, 1.82) is 0 Å². The number of carbonyl (C=O) groups is 1. The van der Waals surface area contributed by atoms with Gasteiger partial charge < -0.3 is 9.47 Å². The van der Waals surface area contributed by atoms with E-state index in [-0.39, 0.29) is 4.90 Å². The molecule has 0 N–H and O–H groups in total. The van der Waals surface area contributed by atoms with E-state index in [9.17, 15) is 13.2 Å². The zero-order chi connectivity index (χ0) is 24.8. The summed E-state index contributed by atoms with van der Waals surface area (Å²) >= 11 is 0. The molecule has 0 fully saturated rings. The van der Waals surface area contributed by atoms with Crippen molar-refractivity contribution in [3.05, 3.63) is 120 Å². The average Bonchev–Trinajstić information content (AvgIpc) is 2.88. The van der Waals surface area contributed by atoms with Gasteiger partial charge in [0.25, 0.3) is 10.0 Å². The fraction of sp³-hybridized carbons (Fsp3) is 0.107. The summed E-state index contributed by atoms with van der Waals surface area (Å²) in [6.45, 7) is 2.29. The third-order valence-electron chi connectivity index (χ3n) is 5.43. The molecule has 35 heavy (non-hydrogen) atoms. The highest BCUT2D eigenvalue weighted by atomic mass is 32.2. The number of nitrogens with zero attached hydrogens (tertiary/aromatic N) is 1. The lowest BCUT2D eigenvalue weighted by atomic mass is 10.1. The van der Waals surface area contributed by atoms with Crippen LogP contribution in [0.3, 0.4) is 0 Å². The maximum atomic E-state index is 12.9. The number of benzene rings is 4. The van der Waals surface area contributed by atoms with E-state index in [0.29, 0.717) is 23.6 Å². The lowest BCUT2D eigenvalue weighted by Gasteiger charge is -2.20. The molecular weight excluding hydrogens is 462 g/mol. The molecule has 0 amide bonds. The van der Waals surface area contributed by atoms with Gasteiger partial charge in [0.1, 0.15) is 18.1 Å². The number of anilines is 1. The predicted molar refractivity (Wildman–Crippen MR) is 135 cm³/mol. The van der Waals surface area contributed by atoms with Crippen molar-refractivity contribution in [2.45, 2.75) is 18.4 Å². The molecule has 7 heteroatoms. The molecule has 0 atom stereocenters. The van der Waals surface area contributed by atoms with E-state index in [1.54, 1.807) is 60.7 Å². The summed E-state index contributed by atoms with van der Waals surface area (Å²) in [4.78, 5) is 12.7.